The molecule has 1 heterocycles. The molecule has 1 aliphatic carbocycles. The first-order valence-electron chi connectivity index (χ1n) is 10.2. The quantitative estimate of drug-likeness (QED) is 0.656. The lowest BCUT2D eigenvalue weighted by molar-refractivity contribution is -0.137. The molecule has 2 aliphatic rings. The van der Waals surface area contributed by atoms with Gasteiger partial charge in [-0.25, -0.2) is 4.79 Å². The molecule has 1 saturated heterocycles. The van der Waals surface area contributed by atoms with E-state index >= 15 is 0 Å². The highest BCUT2D eigenvalue weighted by Crippen LogP contribution is 2.52. The Bertz CT molecular complexity index is 954. The second kappa shape index (κ2) is 8.00. The molecule has 0 spiro atoms. The molecular formula is C23H23F3N2O3. The van der Waals surface area contributed by atoms with Crippen LogP contribution in [-0.4, -0.2) is 40.0 Å². The molecular weight excluding hydrogens is 409 g/mol. The lowest BCUT2D eigenvalue weighted by Gasteiger charge is -2.39. The molecule has 8 heteroatoms. The Morgan fingerprint density at radius 3 is 2.29 bits per heavy atom. The highest BCUT2D eigenvalue weighted by molar-refractivity contribution is 5.87. The van der Waals surface area contributed by atoms with Gasteiger partial charge in [0.05, 0.1) is 22.8 Å². The topological polar surface area (TPSA) is 60.9 Å². The van der Waals surface area contributed by atoms with Crippen LogP contribution in [-0.2, 0) is 23.1 Å². The van der Waals surface area contributed by atoms with Gasteiger partial charge in [-0.2, -0.15) is 13.2 Å². The second-order valence-electron chi connectivity index (χ2n) is 8.21. The Labute approximate surface area is 178 Å². The highest BCUT2D eigenvalue weighted by atomic mass is 19.4. The monoisotopic (exact) mass is 432 g/mol. The minimum Gasteiger partial charge on any atom is -0.478 e. The van der Waals surface area contributed by atoms with Gasteiger partial charge in [-0.1, -0.05) is 24.3 Å². The van der Waals surface area contributed by atoms with Gasteiger partial charge in [0.1, 0.15) is 0 Å². The van der Waals surface area contributed by atoms with E-state index in [1.807, 2.05) is 4.90 Å². The molecule has 1 N–H and O–H groups in total. The summed E-state index contributed by atoms with van der Waals surface area (Å²) in [5.41, 5.74) is 0.742. The van der Waals surface area contributed by atoms with Crippen molar-refractivity contribution in [2.75, 3.05) is 6.54 Å². The number of halogens is 3. The SMILES string of the molecule is O=CN([C@@H]1CCCN1Cc1ccc(C(F)(F)F)cc1)C1(c2ccc(C(=O)O)cc2)CC1. The van der Waals surface area contributed by atoms with Gasteiger partial charge >= 0.3 is 12.1 Å². The first-order chi connectivity index (χ1) is 14.7. The summed E-state index contributed by atoms with van der Waals surface area (Å²) in [5.74, 6) is -0.998. The van der Waals surface area contributed by atoms with E-state index in [1.54, 1.807) is 24.3 Å². The molecule has 2 fully saturated rings. The molecule has 0 radical (unpaired) electrons. The van der Waals surface area contributed by atoms with Crippen LogP contribution in [0.2, 0.25) is 0 Å². The molecule has 5 nitrogen and oxygen atoms in total. The fraction of sp³-hybridized carbons (Fsp3) is 0.391. The summed E-state index contributed by atoms with van der Waals surface area (Å²) in [6, 6.07) is 11.8. The molecule has 1 atom stereocenters. The summed E-state index contributed by atoms with van der Waals surface area (Å²) < 4.78 is 38.5. The molecule has 4 rings (SSSR count). The highest BCUT2D eigenvalue weighted by Gasteiger charge is 2.53. The number of carbonyl (C=O) groups excluding carboxylic acids is 1. The largest absolute Gasteiger partial charge is 0.478 e. The number of rotatable bonds is 7. The maximum absolute atomic E-state index is 12.8. The van der Waals surface area contributed by atoms with E-state index in [-0.39, 0.29) is 11.7 Å². The smallest absolute Gasteiger partial charge is 0.416 e. The molecule has 1 amide bonds. The van der Waals surface area contributed by atoms with E-state index in [0.29, 0.717) is 6.54 Å². The summed E-state index contributed by atoms with van der Waals surface area (Å²) in [6.07, 6.45) is -0.393. The van der Waals surface area contributed by atoms with Crippen LogP contribution >= 0.6 is 0 Å². The molecule has 2 aromatic rings. The van der Waals surface area contributed by atoms with E-state index in [4.69, 9.17) is 5.11 Å². The number of alkyl halides is 3. The second-order valence-corrected chi connectivity index (χ2v) is 8.21. The molecule has 0 unspecified atom stereocenters. The van der Waals surface area contributed by atoms with Crippen molar-refractivity contribution >= 4 is 12.4 Å². The Kier molecular flexibility index (Phi) is 5.51. The fourth-order valence-corrected chi connectivity index (χ4v) is 4.54. The van der Waals surface area contributed by atoms with Crippen molar-refractivity contribution in [2.45, 2.75) is 50.1 Å². The van der Waals surface area contributed by atoms with E-state index in [0.717, 1.165) is 61.9 Å². The third-order valence-corrected chi connectivity index (χ3v) is 6.32. The van der Waals surface area contributed by atoms with Crippen LogP contribution in [0.25, 0.3) is 0 Å². The van der Waals surface area contributed by atoms with Crippen molar-refractivity contribution in [3.63, 3.8) is 0 Å². The average molecular weight is 432 g/mol. The van der Waals surface area contributed by atoms with Crippen LogP contribution in [0.3, 0.4) is 0 Å². The van der Waals surface area contributed by atoms with Gasteiger partial charge < -0.3 is 10.0 Å². The molecule has 1 saturated carbocycles. The van der Waals surface area contributed by atoms with Crippen LogP contribution in [0.1, 0.15) is 52.7 Å². The summed E-state index contributed by atoms with van der Waals surface area (Å²) >= 11 is 0. The number of aromatic carboxylic acids is 1. The Morgan fingerprint density at radius 2 is 1.77 bits per heavy atom. The van der Waals surface area contributed by atoms with E-state index in [2.05, 4.69) is 4.90 Å². The van der Waals surface area contributed by atoms with Crippen LogP contribution in [0.4, 0.5) is 13.2 Å². The third-order valence-electron chi connectivity index (χ3n) is 6.32. The van der Waals surface area contributed by atoms with Gasteiger partial charge in [0.25, 0.3) is 0 Å². The molecule has 31 heavy (non-hydrogen) atoms. The standard InChI is InChI=1S/C23H23F3N2O3/c24-23(25,26)19-7-3-16(4-8-19)14-27-13-1-2-20(27)28(15-29)22(11-12-22)18-9-5-17(6-10-18)21(30)31/h3-10,15,20H,1-2,11-14H2,(H,30,31)/t20-/m1/s1. The summed E-state index contributed by atoms with van der Waals surface area (Å²) in [6.45, 7) is 1.21. The zero-order chi connectivity index (χ0) is 22.2. The van der Waals surface area contributed by atoms with Crippen LogP contribution < -0.4 is 0 Å². The van der Waals surface area contributed by atoms with E-state index in [9.17, 15) is 22.8 Å². The normalized spacial score (nSPS) is 20.4. The van der Waals surface area contributed by atoms with Gasteiger partial charge in [0, 0.05) is 13.1 Å². The zero-order valence-corrected chi connectivity index (χ0v) is 16.8. The van der Waals surface area contributed by atoms with Crippen LogP contribution in [0.15, 0.2) is 48.5 Å². The van der Waals surface area contributed by atoms with Crippen molar-refractivity contribution in [3.05, 3.63) is 70.8 Å². The van der Waals surface area contributed by atoms with Gasteiger partial charge in [-0.15, -0.1) is 0 Å². The number of carbonyl (C=O) groups is 2. The average Bonchev–Trinajstić information content (AvgIpc) is 3.42. The maximum Gasteiger partial charge on any atom is 0.416 e. The van der Waals surface area contributed by atoms with Crippen molar-refractivity contribution in [1.29, 1.82) is 0 Å². The van der Waals surface area contributed by atoms with Crippen molar-refractivity contribution < 1.29 is 27.9 Å². The number of hydrogen-bond donors (Lipinski definition) is 1. The first kappa shape index (κ1) is 21.4. The Balaban J connectivity index is 1.52. The lowest BCUT2D eigenvalue weighted by atomic mass is 10.0. The number of hydrogen-bond acceptors (Lipinski definition) is 3. The minimum atomic E-state index is -4.36. The van der Waals surface area contributed by atoms with Crippen LogP contribution in [0, 0.1) is 0 Å². The summed E-state index contributed by atoms with van der Waals surface area (Å²) in [5, 5.41) is 9.12. The van der Waals surface area contributed by atoms with E-state index < -0.39 is 23.2 Å². The first-order valence-corrected chi connectivity index (χ1v) is 10.2. The number of benzene rings is 2. The lowest BCUT2D eigenvalue weighted by Crippen LogP contribution is -2.49. The van der Waals surface area contributed by atoms with Crippen molar-refractivity contribution in [1.82, 2.24) is 9.80 Å². The molecule has 164 valence electrons. The number of nitrogens with zero attached hydrogens (tertiary/aromatic N) is 2. The fourth-order valence-electron chi connectivity index (χ4n) is 4.54. The van der Waals surface area contributed by atoms with Gasteiger partial charge in [0.15, 0.2) is 0 Å². The molecule has 0 bridgehead atoms. The van der Waals surface area contributed by atoms with Crippen LogP contribution in [0.5, 0.6) is 0 Å². The van der Waals surface area contributed by atoms with Gasteiger partial charge in [-0.05, 0) is 61.1 Å². The molecule has 1 aliphatic heterocycles. The van der Waals surface area contributed by atoms with Crippen molar-refractivity contribution in [3.8, 4) is 0 Å². The third kappa shape index (κ3) is 4.17. The Morgan fingerprint density at radius 1 is 1.13 bits per heavy atom. The maximum atomic E-state index is 12.8. The Hall–Kier alpha value is -2.87. The van der Waals surface area contributed by atoms with E-state index in [1.165, 1.54) is 12.1 Å². The number of carboxylic acids is 1. The summed E-state index contributed by atoms with van der Waals surface area (Å²) in [7, 11) is 0. The zero-order valence-electron chi connectivity index (χ0n) is 16.8. The predicted octanol–water partition coefficient (Wildman–Crippen LogP) is 4.47. The predicted molar refractivity (Wildman–Crippen MR) is 107 cm³/mol. The van der Waals surface area contributed by atoms with Gasteiger partial charge in [0.2, 0.25) is 6.41 Å². The number of carboxylic acid groups (broad SMARTS) is 1. The van der Waals surface area contributed by atoms with Gasteiger partial charge in [-0.3, -0.25) is 9.69 Å². The molecule has 0 aromatic heterocycles. The van der Waals surface area contributed by atoms with Crippen molar-refractivity contribution in [2.24, 2.45) is 0 Å². The minimum absolute atomic E-state index is 0.151. The summed E-state index contributed by atoms with van der Waals surface area (Å²) in [4.78, 5) is 27.2. The number of amides is 1. The molecule has 2 aromatic carbocycles. The number of likely N-dealkylation sites (tertiary alicyclic amines) is 1.